The first-order chi connectivity index (χ1) is 20.3. The van der Waals surface area contributed by atoms with Crippen molar-refractivity contribution in [1.29, 1.82) is 0 Å². The number of anilines is 2. The van der Waals surface area contributed by atoms with E-state index in [0.717, 1.165) is 6.92 Å². The van der Waals surface area contributed by atoms with Crippen molar-refractivity contribution in [3.8, 4) is 23.1 Å². The highest BCUT2D eigenvalue weighted by Crippen LogP contribution is 2.46. The van der Waals surface area contributed by atoms with Gasteiger partial charge in [0.2, 0.25) is 5.88 Å². The quantitative estimate of drug-likeness (QED) is 0.315. The number of ether oxygens (including phenoxy) is 2. The molecule has 0 saturated carbocycles. The van der Waals surface area contributed by atoms with Gasteiger partial charge in [0.05, 0.1) is 30.4 Å². The third-order valence-electron chi connectivity index (χ3n) is 8.05. The van der Waals surface area contributed by atoms with Gasteiger partial charge >= 0.3 is 12.2 Å². The lowest BCUT2D eigenvalue weighted by molar-refractivity contribution is -0.137. The topological polar surface area (TPSA) is 102 Å². The molecule has 0 amide bonds. The lowest BCUT2D eigenvalue weighted by atomic mass is 9.96. The van der Waals surface area contributed by atoms with Crippen molar-refractivity contribution in [3.05, 3.63) is 28.8 Å². The number of likely N-dealkylation sites (tertiary alicyclic amines) is 1. The molecule has 3 aliphatic rings. The molecule has 2 atom stereocenters. The summed E-state index contributed by atoms with van der Waals surface area (Å²) in [5.74, 6) is -2.54. The van der Waals surface area contributed by atoms with E-state index in [-0.39, 0.29) is 48.2 Å². The van der Waals surface area contributed by atoms with Crippen LogP contribution in [0.15, 0.2) is 6.07 Å². The average molecular weight is 616 g/mol. The van der Waals surface area contributed by atoms with Crippen LogP contribution in [0.5, 0.6) is 11.9 Å². The number of rotatable bonds is 6. The predicted octanol–water partition coefficient (Wildman–Crippen LogP) is 4.01. The molecule has 2 saturated heterocycles. The Kier molecular flexibility index (Phi) is 7.39. The molecule has 2 fully saturated rings. The van der Waals surface area contributed by atoms with E-state index in [4.69, 9.17) is 15.2 Å². The van der Waals surface area contributed by atoms with Crippen LogP contribution in [0.1, 0.15) is 18.1 Å². The zero-order valence-electron chi connectivity index (χ0n) is 23.1. The molecule has 0 spiro atoms. The lowest BCUT2D eigenvalue weighted by Crippen LogP contribution is -2.56. The molecule has 3 N–H and O–H groups in total. The highest BCUT2D eigenvalue weighted by atomic mass is 19.4. The number of aromatic nitrogens is 3. The summed E-state index contributed by atoms with van der Waals surface area (Å²) in [7, 11) is 0. The van der Waals surface area contributed by atoms with Crippen molar-refractivity contribution >= 4 is 22.4 Å². The molecule has 3 aliphatic heterocycles. The summed E-state index contributed by atoms with van der Waals surface area (Å²) < 4.78 is 111. The van der Waals surface area contributed by atoms with Crippen molar-refractivity contribution in [3.63, 3.8) is 0 Å². The van der Waals surface area contributed by atoms with Crippen LogP contribution in [0.25, 0.3) is 22.2 Å². The number of fused-ring (bicyclic) bond motifs is 2. The first-order valence-electron chi connectivity index (χ1n) is 13.7. The van der Waals surface area contributed by atoms with E-state index in [1.807, 2.05) is 4.90 Å². The average Bonchev–Trinajstić information content (AvgIpc) is 3.04. The van der Waals surface area contributed by atoms with Crippen molar-refractivity contribution in [2.45, 2.75) is 38.6 Å². The highest BCUT2D eigenvalue weighted by molar-refractivity contribution is 5.97. The Bertz CT molecular complexity index is 1570. The molecule has 0 unspecified atom stereocenters. The Morgan fingerprint density at radius 1 is 1.16 bits per heavy atom. The number of nitrogen functional groups attached to an aromatic ring is 1. The normalized spacial score (nSPS) is 21.0. The predicted molar refractivity (Wildman–Crippen MR) is 142 cm³/mol. The Morgan fingerprint density at radius 2 is 1.91 bits per heavy atom. The van der Waals surface area contributed by atoms with Gasteiger partial charge in [0.15, 0.2) is 5.82 Å². The van der Waals surface area contributed by atoms with Gasteiger partial charge in [0, 0.05) is 44.2 Å². The second-order valence-electron chi connectivity index (χ2n) is 11.0. The molecule has 16 heteroatoms. The van der Waals surface area contributed by atoms with E-state index in [1.165, 1.54) is 0 Å². The molecule has 0 bridgehead atoms. The minimum Gasteiger partial charge on any atom is -0.472 e. The fourth-order valence-corrected chi connectivity index (χ4v) is 5.99. The van der Waals surface area contributed by atoms with Gasteiger partial charge in [-0.15, -0.1) is 0 Å². The van der Waals surface area contributed by atoms with E-state index >= 15 is 4.39 Å². The SMILES string of the molecule is Cc1c(F)c(N)cc(-c2nc3c4c(nc(OCC5CN(CC(F)F)C5)nc4c2F)N2CCNC[C@H]2[C@H](C)O3)c1C(F)(F)F. The third-order valence-corrected chi connectivity index (χ3v) is 8.05. The molecule has 6 rings (SSSR count). The summed E-state index contributed by atoms with van der Waals surface area (Å²) in [6, 6.07) is 0.155. The number of nitrogens with one attached hydrogen (secondary N) is 1. The molecule has 3 aromatic rings. The number of alkyl halides is 5. The molecular formula is C27H28F7N7O2. The number of pyridine rings is 1. The summed E-state index contributed by atoms with van der Waals surface area (Å²) in [6.07, 6.45) is -8.09. The minimum atomic E-state index is -5.07. The summed E-state index contributed by atoms with van der Waals surface area (Å²) in [4.78, 5) is 16.4. The Morgan fingerprint density at radius 3 is 2.60 bits per heavy atom. The van der Waals surface area contributed by atoms with Crippen LogP contribution in [0.2, 0.25) is 0 Å². The molecule has 5 heterocycles. The summed E-state index contributed by atoms with van der Waals surface area (Å²) >= 11 is 0. The molecule has 1 aromatic carbocycles. The Balaban J connectivity index is 1.50. The number of hydrogen-bond donors (Lipinski definition) is 2. The number of hydrogen-bond acceptors (Lipinski definition) is 9. The van der Waals surface area contributed by atoms with Crippen LogP contribution in [0, 0.1) is 24.5 Å². The second kappa shape index (κ2) is 10.8. The molecule has 2 aromatic heterocycles. The van der Waals surface area contributed by atoms with Gasteiger partial charge in [0.25, 0.3) is 6.43 Å². The van der Waals surface area contributed by atoms with Crippen molar-refractivity contribution in [2.24, 2.45) is 5.92 Å². The van der Waals surface area contributed by atoms with Gasteiger partial charge in [-0.2, -0.15) is 23.1 Å². The van der Waals surface area contributed by atoms with Crippen LogP contribution in [-0.4, -0.2) is 84.3 Å². The number of nitrogens with zero attached hydrogens (tertiary/aromatic N) is 5. The maximum Gasteiger partial charge on any atom is 0.417 e. The van der Waals surface area contributed by atoms with Gasteiger partial charge in [-0.05, 0) is 25.5 Å². The fourth-order valence-electron chi connectivity index (χ4n) is 5.99. The van der Waals surface area contributed by atoms with Crippen LogP contribution in [0.3, 0.4) is 0 Å². The van der Waals surface area contributed by atoms with Crippen LogP contribution < -0.4 is 25.4 Å². The number of benzene rings is 1. The molecule has 0 aliphatic carbocycles. The first kappa shape index (κ1) is 29.4. The summed E-state index contributed by atoms with van der Waals surface area (Å²) in [5, 5.41) is 3.31. The second-order valence-corrected chi connectivity index (χ2v) is 11.0. The maximum atomic E-state index is 16.4. The third kappa shape index (κ3) is 5.24. The highest BCUT2D eigenvalue weighted by Gasteiger charge is 2.41. The Labute approximate surface area is 241 Å². The summed E-state index contributed by atoms with van der Waals surface area (Å²) in [5.41, 5.74) is 0.907. The van der Waals surface area contributed by atoms with Gasteiger partial charge in [-0.25, -0.2) is 22.5 Å². The number of halogens is 7. The molecule has 232 valence electrons. The zero-order valence-corrected chi connectivity index (χ0v) is 23.1. The van der Waals surface area contributed by atoms with Crippen LogP contribution >= 0.6 is 0 Å². The van der Waals surface area contributed by atoms with E-state index in [0.29, 0.717) is 38.8 Å². The van der Waals surface area contributed by atoms with Gasteiger partial charge in [-0.3, -0.25) is 4.90 Å². The fraction of sp³-hybridized carbons (Fsp3) is 0.519. The monoisotopic (exact) mass is 615 g/mol. The molecule has 9 nitrogen and oxygen atoms in total. The summed E-state index contributed by atoms with van der Waals surface area (Å²) in [6.45, 7) is 4.59. The van der Waals surface area contributed by atoms with Crippen molar-refractivity contribution in [2.75, 3.05) is 56.5 Å². The number of piperazine rings is 1. The van der Waals surface area contributed by atoms with Crippen molar-refractivity contribution < 1.29 is 40.2 Å². The standard InChI is InChI=1S/C27H28F7N7O2/c1-11-19(27(32,33)34)14(5-15(35)20(11)30)22-21(31)23-18-24(41-4-3-36-6-16(41)12(2)43-25(18)37-22)39-26(38-23)42-10-13-7-40(8-13)9-17(28)29/h5,12-13,16-17,36H,3-4,6-10,35H2,1-2H3/t12-,16-/m0/s1. The van der Waals surface area contributed by atoms with E-state index < -0.39 is 63.9 Å². The lowest BCUT2D eigenvalue weighted by Gasteiger charge is -2.39. The minimum absolute atomic E-state index is 0.0527. The molecular weight excluding hydrogens is 587 g/mol. The van der Waals surface area contributed by atoms with Gasteiger partial charge in [-0.1, -0.05) is 0 Å². The largest absolute Gasteiger partial charge is 0.472 e. The zero-order chi connectivity index (χ0) is 30.8. The number of nitrogens with two attached hydrogens (primary N) is 1. The van der Waals surface area contributed by atoms with E-state index in [2.05, 4.69) is 20.3 Å². The van der Waals surface area contributed by atoms with Crippen LogP contribution in [-0.2, 0) is 6.18 Å². The van der Waals surface area contributed by atoms with Gasteiger partial charge < -0.3 is 25.4 Å². The maximum absolute atomic E-state index is 16.4. The van der Waals surface area contributed by atoms with Crippen molar-refractivity contribution in [1.82, 2.24) is 25.2 Å². The first-order valence-corrected chi connectivity index (χ1v) is 13.7. The van der Waals surface area contributed by atoms with Crippen LogP contribution in [0.4, 0.5) is 42.2 Å². The van der Waals surface area contributed by atoms with Gasteiger partial charge in [0.1, 0.15) is 34.3 Å². The molecule has 0 radical (unpaired) electrons. The smallest absolute Gasteiger partial charge is 0.417 e. The van der Waals surface area contributed by atoms with E-state index in [9.17, 15) is 26.3 Å². The Hall–Kier alpha value is -3.66. The van der Waals surface area contributed by atoms with E-state index in [1.54, 1.807) is 11.8 Å². The molecule has 43 heavy (non-hydrogen) atoms.